The number of ether oxygens (including phenoxy) is 1. The minimum atomic E-state index is 0.385. The summed E-state index contributed by atoms with van der Waals surface area (Å²) in [4.78, 5) is 0. The molecule has 0 radical (unpaired) electrons. The van der Waals surface area contributed by atoms with Crippen molar-refractivity contribution in [1.82, 2.24) is 0 Å². The molecule has 3 aliphatic rings. The van der Waals surface area contributed by atoms with Gasteiger partial charge in [-0.2, -0.15) is 0 Å². The van der Waals surface area contributed by atoms with Gasteiger partial charge in [0.1, 0.15) is 0 Å². The smallest absolute Gasteiger partial charge is 0.0649 e. The second-order valence-corrected chi connectivity index (χ2v) is 11.5. The first-order chi connectivity index (χ1) is 12.9. The normalized spacial score (nSPS) is 23.3. The van der Waals surface area contributed by atoms with E-state index in [0.717, 1.165) is 0 Å². The molecule has 0 aromatic carbocycles. The average Bonchev–Trinajstić information content (AvgIpc) is 2.72. The molecule has 0 N–H and O–H groups in total. The summed E-state index contributed by atoms with van der Waals surface area (Å²) in [5, 5.41) is 0. The molecule has 0 unspecified atom stereocenters. The van der Waals surface area contributed by atoms with Gasteiger partial charge in [-0.25, -0.2) is 0 Å². The Kier molecular flexibility index (Phi) is 11.9. The number of rotatable bonds is 7. The molecule has 3 aliphatic carbocycles. The molecule has 0 aliphatic heterocycles. The van der Waals surface area contributed by atoms with Crippen LogP contribution < -0.4 is 0 Å². The average molecular weight is 379 g/mol. The van der Waals surface area contributed by atoms with Crippen molar-refractivity contribution in [2.24, 2.45) is 0 Å². The SMILES string of the molecule is C1CCC(P(C2CCCCC2)C2CCCCC2)CC1.C=CCOCC=C. The fourth-order valence-electron chi connectivity index (χ4n) is 5.27. The lowest BCUT2D eigenvalue weighted by Gasteiger charge is -2.44. The molecule has 0 spiro atoms. The van der Waals surface area contributed by atoms with E-state index in [1.807, 2.05) is 0 Å². The molecule has 0 saturated heterocycles. The van der Waals surface area contributed by atoms with Gasteiger partial charge in [-0.05, 0) is 55.5 Å². The molecule has 3 fully saturated rings. The summed E-state index contributed by atoms with van der Waals surface area (Å²) in [5.74, 6) is 0. The number of hydrogen-bond donors (Lipinski definition) is 0. The maximum Gasteiger partial charge on any atom is 0.0649 e. The summed E-state index contributed by atoms with van der Waals surface area (Å²) in [7, 11) is 0.385. The molecular formula is C24H43OP. The molecule has 0 bridgehead atoms. The molecule has 26 heavy (non-hydrogen) atoms. The van der Waals surface area contributed by atoms with Gasteiger partial charge in [-0.1, -0.05) is 77.9 Å². The minimum Gasteiger partial charge on any atom is -0.373 e. The zero-order valence-corrected chi connectivity index (χ0v) is 18.1. The second-order valence-electron chi connectivity index (χ2n) is 8.44. The predicted molar refractivity (Wildman–Crippen MR) is 119 cm³/mol. The van der Waals surface area contributed by atoms with Gasteiger partial charge < -0.3 is 4.74 Å². The van der Waals surface area contributed by atoms with Gasteiger partial charge >= 0.3 is 0 Å². The van der Waals surface area contributed by atoms with E-state index in [-0.39, 0.29) is 0 Å². The van der Waals surface area contributed by atoms with E-state index in [4.69, 9.17) is 4.74 Å². The van der Waals surface area contributed by atoms with Crippen LogP contribution in [-0.2, 0) is 4.74 Å². The van der Waals surface area contributed by atoms with E-state index < -0.39 is 0 Å². The van der Waals surface area contributed by atoms with E-state index in [0.29, 0.717) is 21.1 Å². The minimum absolute atomic E-state index is 0.385. The Morgan fingerprint density at radius 1 is 0.577 bits per heavy atom. The highest BCUT2D eigenvalue weighted by atomic mass is 31.1. The molecule has 3 rings (SSSR count). The fourth-order valence-corrected chi connectivity index (χ4v) is 9.94. The van der Waals surface area contributed by atoms with Crippen LogP contribution in [0.2, 0.25) is 0 Å². The van der Waals surface area contributed by atoms with Crippen molar-refractivity contribution < 1.29 is 4.74 Å². The standard InChI is InChI=1S/C18H33P.C6H10O/c1-4-10-16(11-5-1)19(17-12-6-2-7-13-17)18-14-8-3-9-15-18;1-3-5-7-6-4-2/h16-18H,1-15H2;3-4H,1-2,5-6H2. The van der Waals surface area contributed by atoms with Crippen LogP contribution in [0.15, 0.2) is 25.3 Å². The van der Waals surface area contributed by atoms with Gasteiger partial charge in [-0.15, -0.1) is 13.2 Å². The van der Waals surface area contributed by atoms with Crippen LogP contribution in [0.3, 0.4) is 0 Å². The summed E-state index contributed by atoms with van der Waals surface area (Å²) in [6, 6.07) is 0. The van der Waals surface area contributed by atoms with Crippen LogP contribution in [0.1, 0.15) is 96.3 Å². The summed E-state index contributed by atoms with van der Waals surface area (Å²) in [5.41, 5.74) is 3.57. The van der Waals surface area contributed by atoms with Gasteiger partial charge in [0, 0.05) is 0 Å². The van der Waals surface area contributed by atoms with Crippen molar-refractivity contribution in [2.45, 2.75) is 113 Å². The highest BCUT2D eigenvalue weighted by Crippen LogP contribution is 2.61. The molecule has 3 saturated carbocycles. The lowest BCUT2D eigenvalue weighted by Crippen LogP contribution is -2.28. The van der Waals surface area contributed by atoms with E-state index >= 15 is 0 Å². The first-order valence-corrected chi connectivity index (χ1v) is 13.0. The molecule has 2 heteroatoms. The third-order valence-electron chi connectivity index (χ3n) is 6.46. The van der Waals surface area contributed by atoms with Crippen LogP contribution in [-0.4, -0.2) is 30.2 Å². The molecule has 0 aromatic rings. The van der Waals surface area contributed by atoms with Gasteiger partial charge in [0.15, 0.2) is 0 Å². The summed E-state index contributed by atoms with van der Waals surface area (Å²) in [6.07, 6.45) is 27.0. The number of hydrogen-bond acceptors (Lipinski definition) is 1. The van der Waals surface area contributed by atoms with Gasteiger partial charge in [0.2, 0.25) is 0 Å². The zero-order chi connectivity index (χ0) is 18.5. The van der Waals surface area contributed by atoms with Crippen molar-refractivity contribution in [2.75, 3.05) is 13.2 Å². The third-order valence-corrected chi connectivity index (χ3v) is 10.5. The van der Waals surface area contributed by atoms with Crippen LogP contribution in [0.4, 0.5) is 0 Å². The Morgan fingerprint density at radius 2 is 0.885 bits per heavy atom. The Balaban J connectivity index is 0.000000298. The molecule has 150 valence electrons. The summed E-state index contributed by atoms with van der Waals surface area (Å²) >= 11 is 0. The van der Waals surface area contributed by atoms with Gasteiger partial charge in [0.25, 0.3) is 0 Å². The Labute approximate surface area is 164 Å². The van der Waals surface area contributed by atoms with Gasteiger partial charge in [0.05, 0.1) is 13.2 Å². The molecular weight excluding hydrogens is 335 g/mol. The predicted octanol–water partition coefficient (Wildman–Crippen LogP) is 7.84. The van der Waals surface area contributed by atoms with Crippen molar-refractivity contribution >= 4 is 7.92 Å². The van der Waals surface area contributed by atoms with E-state index in [1.54, 1.807) is 89.2 Å². The maximum atomic E-state index is 4.90. The molecule has 0 amide bonds. The Morgan fingerprint density at radius 3 is 1.15 bits per heavy atom. The summed E-state index contributed by atoms with van der Waals surface area (Å²) in [6.45, 7) is 8.18. The van der Waals surface area contributed by atoms with Crippen molar-refractivity contribution in [3.63, 3.8) is 0 Å². The largest absolute Gasteiger partial charge is 0.373 e. The fraction of sp³-hybridized carbons (Fsp3) is 0.833. The van der Waals surface area contributed by atoms with Crippen LogP contribution in [0.25, 0.3) is 0 Å². The lowest BCUT2D eigenvalue weighted by atomic mass is 9.99. The highest BCUT2D eigenvalue weighted by Gasteiger charge is 2.36. The lowest BCUT2D eigenvalue weighted by molar-refractivity contribution is 0.194. The van der Waals surface area contributed by atoms with Gasteiger partial charge in [-0.3, -0.25) is 0 Å². The van der Waals surface area contributed by atoms with Crippen LogP contribution in [0, 0.1) is 0 Å². The van der Waals surface area contributed by atoms with Crippen molar-refractivity contribution in [3.8, 4) is 0 Å². The first kappa shape index (κ1) is 22.2. The molecule has 0 aromatic heterocycles. The topological polar surface area (TPSA) is 9.23 Å². The molecule has 0 atom stereocenters. The third kappa shape index (κ3) is 7.85. The zero-order valence-electron chi connectivity index (χ0n) is 17.2. The first-order valence-electron chi connectivity index (χ1n) is 11.4. The monoisotopic (exact) mass is 378 g/mol. The summed E-state index contributed by atoms with van der Waals surface area (Å²) < 4.78 is 4.90. The van der Waals surface area contributed by atoms with E-state index in [2.05, 4.69) is 13.2 Å². The Hall–Kier alpha value is -0.130. The van der Waals surface area contributed by atoms with E-state index in [1.165, 1.54) is 36.2 Å². The quantitative estimate of drug-likeness (QED) is 0.249. The highest BCUT2D eigenvalue weighted by molar-refractivity contribution is 7.60. The van der Waals surface area contributed by atoms with Crippen molar-refractivity contribution in [3.05, 3.63) is 25.3 Å². The van der Waals surface area contributed by atoms with Crippen LogP contribution >= 0.6 is 7.92 Å². The van der Waals surface area contributed by atoms with E-state index in [9.17, 15) is 0 Å². The van der Waals surface area contributed by atoms with Crippen LogP contribution in [0.5, 0.6) is 0 Å². The second kappa shape index (κ2) is 14.0. The van der Waals surface area contributed by atoms with Crippen molar-refractivity contribution in [1.29, 1.82) is 0 Å². The molecule has 0 heterocycles. The molecule has 1 nitrogen and oxygen atoms in total. The maximum absolute atomic E-state index is 4.90. The Bertz CT molecular complexity index is 312.